The van der Waals surface area contributed by atoms with E-state index < -0.39 is 0 Å². The third-order valence-electron chi connectivity index (χ3n) is 4.42. The maximum atomic E-state index is 12.2. The van der Waals surface area contributed by atoms with E-state index in [0.29, 0.717) is 24.8 Å². The van der Waals surface area contributed by atoms with Crippen molar-refractivity contribution in [3.05, 3.63) is 38.8 Å². The first-order valence-corrected chi connectivity index (χ1v) is 10.2. The van der Waals surface area contributed by atoms with Crippen molar-refractivity contribution in [1.82, 2.24) is 19.7 Å². The van der Waals surface area contributed by atoms with E-state index in [0.717, 1.165) is 34.1 Å². The zero-order valence-corrected chi connectivity index (χ0v) is 15.5. The Bertz CT molecular complexity index is 856. The molecule has 2 aliphatic heterocycles. The molecule has 4 rings (SSSR count). The van der Waals surface area contributed by atoms with Crippen LogP contribution in [0.15, 0.2) is 17.1 Å². The van der Waals surface area contributed by atoms with Gasteiger partial charge in [-0.15, -0.1) is 11.3 Å². The van der Waals surface area contributed by atoms with Crippen LogP contribution in [0, 0.1) is 12.8 Å². The normalized spacial score (nSPS) is 17.1. The summed E-state index contributed by atoms with van der Waals surface area (Å²) in [5, 5.41) is 7.97. The molecule has 2 amide bonds. The lowest BCUT2D eigenvalue weighted by atomic mass is 10.0. The lowest BCUT2D eigenvalue weighted by Gasteiger charge is -2.38. The highest BCUT2D eigenvalue weighted by Gasteiger charge is 2.32. The Morgan fingerprint density at radius 2 is 2.28 bits per heavy atom. The summed E-state index contributed by atoms with van der Waals surface area (Å²) in [7, 11) is 0. The molecule has 0 bridgehead atoms. The molecule has 2 aromatic heterocycles. The highest BCUT2D eigenvalue weighted by atomic mass is 32.2. The van der Waals surface area contributed by atoms with Gasteiger partial charge in [0, 0.05) is 48.3 Å². The standard InChI is InChI=1S/C16H19N5O2S2/c1-10-5-17-15(25-10)18-16(23)20-6-11(7-20)8-21-14(22)4-12-9-24-3-2-13(12)19-21/h4-5,11H,2-3,6-9H2,1H3,(H,17,18,23). The van der Waals surface area contributed by atoms with Crippen molar-refractivity contribution in [1.29, 1.82) is 0 Å². The second kappa shape index (κ2) is 6.80. The predicted molar refractivity (Wildman–Crippen MR) is 99.3 cm³/mol. The van der Waals surface area contributed by atoms with E-state index in [-0.39, 0.29) is 17.5 Å². The lowest BCUT2D eigenvalue weighted by molar-refractivity contribution is 0.116. The molecule has 25 heavy (non-hydrogen) atoms. The first-order valence-electron chi connectivity index (χ1n) is 8.24. The molecule has 0 atom stereocenters. The molecular formula is C16H19N5O2S2. The molecule has 0 aromatic carbocycles. The van der Waals surface area contributed by atoms with Gasteiger partial charge in [0.15, 0.2) is 5.13 Å². The average molecular weight is 377 g/mol. The first kappa shape index (κ1) is 16.6. The van der Waals surface area contributed by atoms with Crippen molar-refractivity contribution in [3.8, 4) is 0 Å². The summed E-state index contributed by atoms with van der Waals surface area (Å²) in [5.74, 6) is 2.21. The van der Waals surface area contributed by atoms with Crippen LogP contribution in [0.2, 0.25) is 0 Å². The number of fused-ring (bicyclic) bond motifs is 1. The van der Waals surface area contributed by atoms with Gasteiger partial charge in [-0.1, -0.05) is 0 Å². The number of thiazole rings is 1. The van der Waals surface area contributed by atoms with Crippen LogP contribution in [0.5, 0.6) is 0 Å². The Labute approximate surface area is 153 Å². The topological polar surface area (TPSA) is 80.1 Å². The number of carbonyl (C=O) groups excluding carboxylic acids is 1. The summed E-state index contributed by atoms with van der Waals surface area (Å²) in [4.78, 5) is 31.3. The summed E-state index contributed by atoms with van der Waals surface area (Å²) < 4.78 is 1.57. The average Bonchev–Trinajstić information content (AvgIpc) is 2.95. The quantitative estimate of drug-likeness (QED) is 0.884. The number of hydrogen-bond acceptors (Lipinski definition) is 6. The SMILES string of the molecule is Cc1cnc(NC(=O)N2CC(Cn3nc4c(cc3=O)CSCC4)C2)s1. The molecule has 0 radical (unpaired) electrons. The summed E-state index contributed by atoms with van der Waals surface area (Å²) in [6.45, 7) is 3.79. The molecule has 7 nitrogen and oxygen atoms in total. The van der Waals surface area contributed by atoms with Gasteiger partial charge in [0.25, 0.3) is 5.56 Å². The first-order chi connectivity index (χ1) is 12.1. The lowest BCUT2D eigenvalue weighted by Crippen LogP contribution is -2.53. The highest BCUT2D eigenvalue weighted by Crippen LogP contribution is 2.23. The molecule has 0 aliphatic carbocycles. The number of aryl methyl sites for hydroxylation is 2. The van der Waals surface area contributed by atoms with Gasteiger partial charge in [-0.2, -0.15) is 16.9 Å². The number of rotatable bonds is 3. The van der Waals surface area contributed by atoms with Gasteiger partial charge in [0.2, 0.25) is 0 Å². The number of aromatic nitrogens is 3. The highest BCUT2D eigenvalue weighted by molar-refractivity contribution is 7.98. The van der Waals surface area contributed by atoms with E-state index >= 15 is 0 Å². The van der Waals surface area contributed by atoms with Crippen LogP contribution in [-0.2, 0) is 18.7 Å². The fraction of sp³-hybridized carbons (Fsp3) is 0.500. The van der Waals surface area contributed by atoms with Crippen LogP contribution in [0.3, 0.4) is 0 Å². The number of thioether (sulfide) groups is 1. The zero-order valence-electron chi connectivity index (χ0n) is 13.9. The van der Waals surface area contributed by atoms with Crippen LogP contribution >= 0.6 is 23.1 Å². The number of carbonyl (C=O) groups is 1. The smallest absolute Gasteiger partial charge is 0.323 e. The largest absolute Gasteiger partial charge is 0.324 e. The Morgan fingerprint density at radius 3 is 3.04 bits per heavy atom. The molecule has 0 unspecified atom stereocenters. The van der Waals surface area contributed by atoms with E-state index in [1.165, 1.54) is 11.3 Å². The minimum atomic E-state index is -0.131. The summed E-state index contributed by atoms with van der Waals surface area (Å²) in [6.07, 6.45) is 2.67. The fourth-order valence-corrected chi connectivity index (χ4v) is 4.67. The van der Waals surface area contributed by atoms with E-state index in [2.05, 4.69) is 15.4 Å². The molecule has 1 saturated heterocycles. The van der Waals surface area contributed by atoms with E-state index in [4.69, 9.17) is 0 Å². The van der Waals surface area contributed by atoms with Gasteiger partial charge in [0.1, 0.15) is 0 Å². The zero-order chi connectivity index (χ0) is 17.4. The van der Waals surface area contributed by atoms with Crippen LogP contribution < -0.4 is 10.9 Å². The maximum absolute atomic E-state index is 12.2. The Hall–Kier alpha value is -1.87. The van der Waals surface area contributed by atoms with Gasteiger partial charge in [-0.25, -0.2) is 14.5 Å². The fourth-order valence-electron chi connectivity index (χ4n) is 3.06. The van der Waals surface area contributed by atoms with Crippen molar-refractivity contribution < 1.29 is 4.79 Å². The third kappa shape index (κ3) is 3.57. The van der Waals surface area contributed by atoms with E-state index in [1.54, 1.807) is 21.8 Å². The van der Waals surface area contributed by atoms with Crippen LogP contribution in [-0.4, -0.2) is 44.5 Å². The number of urea groups is 1. The third-order valence-corrected chi connectivity index (χ3v) is 6.25. The second-order valence-corrected chi connectivity index (χ2v) is 8.76. The molecule has 2 aliphatic rings. The Morgan fingerprint density at radius 1 is 1.44 bits per heavy atom. The van der Waals surface area contributed by atoms with Crippen molar-refractivity contribution in [2.24, 2.45) is 5.92 Å². The number of nitrogens with zero attached hydrogens (tertiary/aromatic N) is 4. The van der Waals surface area contributed by atoms with Gasteiger partial charge >= 0.3 is 6.03 Å². The summed E-state index contributed by atoms with van der Waals surface area (Å²) in [6, 6.07) is 1.59. The van der Waals surface area contributed by atoms with Crippen molar-refractivity contribution in [2.75, 3.05) is 24.2 Å². The molecule has 132 valence electrons. The van der Waals surface area contributed by atoms with Crippen molar-refractivity contribution >= 4 is 34.3 Å². The number of nitrogens with one attached hydrogen (secondary N) is 1. The maximum Gasteiger partial charge on any atom is 0.323 e. The molecule has 0 saturated carbocycles. The number of anilines is 1. The Balaban J connectivity index is 1.34. The van der Waals surface area contributed by atoms with Crippen LogP contribution in [0.4, 0.5) is 9.93 Å². The van der Waals surface area contributed by atoms with Crippen LogP contribution in [0.1, 0.15) is 16.1 Å². The molecule has 1 N–H and O–H groups in total. The van der Waals surface area contributed by atoms with Gasteiger partial charge < -0.3 is 4.90 Å². The molecule has 1 fully saturated rings. The molecule has 4 heterocycles. The minimum Gasteiger partial charge on any atom is -0.324 e. The second-order valence-electron chi connectivity index (χ2n) is 6.42. The molecule has 0 spiro atoms. The number of hydrogen-bond donors (Lipinski definition) is 1. The Kier molecular flexibility index (Phi) is 4.51. The van der Waals surface area contributed by atoms with Crippen molar-refractivity contribution in [2.45, 2.75) is 25.6 Å². The minimum absolute atomic E-state index is 0.0394. The molecule has 9 heteroatoms. The predicted octanol–water partition coefficient (Wildman–Crippen LogP) is 1.96. The summed E-state index contributed by atoms with van der Waals surface area (Å²) in [5.41, 5.74) is 2.08. The number of amides is 2. The number of likely N-dealkylation sites (tertiary alicyclic amines) is 1. The van der Waals surface area contributed by atoms with Gasteiger partial charge in [0.05, 0.1) is 12.2 Å². The summed E-state index contributed by atoms with van der Waals surface area (Å²) >= 11 is 3.30. The van der Waals surface area contributed by atoms with E-state index in [1.807, 2.05) is 18.7 Å². The molecule has 2 aromatic rings. The van der Waals surface area contributed by atoms with E-state index in [9.17, 15) is 9.59 Å². The monoisotopic (exact) mass is 377 g/mol. The van der Waals surface area contributed by atoms with Gasteiger partial charge in [-0.3, -0.25) is 10.1 Å². The van der Waals surface area contributed by atoms with Crippen LogP contribution in [0.25, 0.3) is 0 Å². The van der Waals surface area contributed by atoms with Crippen molar-refractivity contribution in [3.63, 3.8) is 0 Å². The molecular weight excluding hydrogens is 358 g/mol. The van der Waals surface area contributed by atoms with Gasteiger partial charge in [-0.05, 0) is 18.2 Å².